The van der Waals surface area contributed by atoms with E-state index in [2.05, 4.69) is 36.3 Å². The maximum absolute atomic E-state index is 11.2. The molecule has 3 aromatic rings. The zero-order valence-corrected chi connectivity index (χ0v) is 18.6. The van der Waals surface area contributed by atoms with Crippen molar-refractivity contribution in [2.45, 2.75) is 24.0 Å². The van der Waals surface area contributed by atoms with Crippen LogP contribution in [0.25, 0.3) is 11.3 Å². The second kappa shape index (κ2) is 9.03. The van der Waals surface area contributed by atoms with Crippen LogP contribution in [0, 0.1) is 0 Å². The number of thiazole rings is 1. The molecule has 4 nitrogen and oxygen atoms in total. The first-order valence-corrected chi connectivity index (χ1v) is 10.6. The van der Waals surface area contributed by atoms with Crippen molar-refractivity contribution in [3.05, 3.63) is 46.2 Å². The van der Waals surface area contributed by atoms with E-state index >= 15 is 0 Å². The van der Waals surface area contributed by atoms with Gasteiger partial charge in [0.1, 0.15) is 4.88 Å². The van der Waals surface area contributed by atoms with Gasteiger partial charge in [-0.25, -0.2) is 9.78 Å². The number of hydrogen-bond donors (Lipinski definition) is 2. The summed E-state index contributed by atoms with van der Waals surface area (Å²) in [5.41, 5.74) is 3.99. The Kier molecular flexibility index (Phi) is 7.28. The number of anilines is 2. The van der Waals surface area contributed by atoms with E-state index in [1.807, 2.05) is 23.8 Å². The van der Waals surface area contributed by atoms with Crippen LogP contribution in [-0.2, 0) is 0 Å². The lowest BCUT2D eigenvalue weighted by atomic mass is 10.0. The molecule has 0 aliphatic rings. The number of thiophene rings is 1. The highest BCUT2D eigenvalue weighted by molar-refractivity contribution is 8.93. The molecule has 0 spiro atoms. The predicted molar refractivity (Wildman–Crippen MR) is 118 cm³/mol. The van der Waals surface area contributed by atoms with Gasteiger partial charge >= 0.3 is 5.97 Å². The quantitative estimate of drug-likeness (QED) is 0.390. The molecule has 0 unspecified atom stereocenters. The number of carboxylic acid groups (broad SMARTS) is 1. The average molecular weight is 471 g/mol. The number of benzene rings is 1. The molecule has 0 fully saturated rings. The van der Waals surface area contributed by atoms with Crippen molar-refractivity contribution in [3.8, 4) is 11.3 Å². The standard InChI is InChI=1S/C18H18N2O2S3.BrH/c1-10(2)11-6-4-5-7-13(11)19-18-20-14(9-24-18)12-8-15(16(21)22)25-17(12)23-3;/h4-10H,1-3H3,(H,19,20)(H,21,22);1H. The zero-order chi connectivity index (χ0) is 18.0. The van der Waals surface area contributed by atoms with Crippen LogP contribution >= 0.6 is 51.4 Å². The summed E-state index contributed by atoms with van der Waals surface area (Å²) in [5, 5.41) is 15.4. The highest BCUT2D eigenvalue weighted by Gasteiger charge is 2.17. The molecule has 2 N–H and O–H groups in total. The fourth-order valence-electron chi connectivity index (χ4n) is 2.49. The Labute approximate surface area is 175 Å². The van der Waals surface area contributed by atoms with Crippen LogP contribution in [-0.4, -0.2) is 22.3 Å². The Morgan fingerprint density at radius 1 is 1.31 bits per heavy atom. The van der Waals surface area contributed by atoms with Gasteiger partial charge in [0.05, 0.1) is 9.90 Å². The number of halogens is 1. The molecule has 26 heavy (non-hydrogen) atoms. The third-order valence-corrected chi connectivity index (χ3v) is 6.71. The van der Waals surface area contributed by atoms with Gasteiger partial charge < -0.3 is 10.4 Å². The van der Waals surface area contributed by atoms with E-state index in [0.29, 0.717) is 10.8 Å². The smallest absolute Gasteiger partial charge is 0.345 e. The molecular formula is C18H19BrN2O2S3. The van der Waals surface area contributed by atoms with Crippen LogP contribution in [0.2, 0.25) is 0 Å². The number of nitrogens with zero attached hydrogens (tertiary/aromatic N) is 1. The number of carboxylic acids is 1. The van der Waals surface area contributed by atoms with Crippen molar-refractivity contribution >= 4 is 68.2 Å². The van der Waals surface area contributed by atoms with Gasteiger partial charge in [-0.2, -0.15) is 0 Å². The van der Waals surface area contributed by atoms with Crippen LogP contribution in [0.1, 0.15) is 35.0 Å². The number of thioether (sulfide) groups is 1. The highest BCUT2D eigenvalue weighted by atomic mass is 79.9. The molecule has 0 radical (unpaired) electrons. The zero-order valence-electron chi connectivity index (χ0n) is 14.5. The molecule has 0 aliphatic heterocycles. The molecule has 1 aromatic carbocycles. The largest absolute Gasteiger partial charge is 0.477 e. The molecule has 0 saturated carbocycles. The summed E-state index contributed by atoms with van der Waals surface area (Å²) in [4.78, 5) is 16.2. The third-order valence-electron chi connectivity index (χ3n) is 3.70. The summed E-state index contributed by atoms with van der Waals surface area (Å²) < 4.78 is 0.969. The van der Waals surface area contributed by atoms with E-state index in [9.17, 15) is 9.90 Å². The molecular weight excluding hydrogens is 452 g/mol. The minimum Gasteiger partial charge on any atom is -0.477 e. The Balaban J connectivity index is 0.00000243. The first kappa shape index (κ1) is 21.0. The van der Waals surface area contributed by atoms with Gasteiger partial charge in [0.15, 0.2) is 5.13 Å². The van der Waals surface area contributed by atoms with Crippen LogP contribution in [0.5, 0.6) is 0 Å². The lowest BCUT2D eigenvalue weighted by Gasteiger charge is -2.12. The van der Waals surface area contributed by atoms with Gasteiger partial charge in [-0.3, -0.25) is 0 Å². The van der Waals surface area contributed by atoms with E-state index in [0.717, 1.165) is 26.3 Å². The lowest BCUT2D eigenvalue weighted by Crippen LogP contribution is -1.97. The topological polar surface area (TPSA) is 62.2 Å². The number of nitrogens with one attached hydrogen (secondary N) is 1. The highest BCUT2D eigenvalue weighted by Crippen LogP contribution is 2.39. The molecule has 2 heterocycles. The Morgan fingerprint density at radius 3 is 2.69 bits per heavy atom. The van der Waals surface area contributed by atoms with Crippen LogP contribution < -0.4 is 5.32 Å². The number of para-hydroxylation sites is 1. The van der Waals surface area contributed by atoms with Gasteiger partial charge in [-0.05, 0) is 29.9 Å². The van der Waals surface area contributed by atoms with E-state index in [1.54, 1.807) is 17.8 Å². The number of rotatable bonds is 6. The summed E-state index contributed by atoms with van der Waals surface area (Å²) in [6.45, 7) is 4.33. The number of aromatic carboxylic acids is 1. The number of aromatic nitrogens is 1. The van der Waals surface area contributed by atoms with Crippen molar-refractivity contribution in [1.29, 1.82) is 0 Å². The molecule has 0 amide bonds. The Bertz CT molecular complexity index is 905. The predicted octanol–water partition coefficient (Wildman–Crippen LogP) is 6.74. The first-order valence-electron chi connectivity index (χ1n) is 7.72. The van der Waals surface area contributed by atoms with Gasteiger partial charge in [0.25, 0.3) is 0 Å². The molecule has 0 atom stereocenters. The van der Waals surface area contributed by atoms with Crippen molar-refractivity contribution in [2.24, 2.45) is 0 Å². The van der Waals surface area contributed by atoms with Crippen LogP contribution in [0.15, 0.2) is 39.9 Å². The average Bonchev–Trinajstić information content (AvgIpc) is 3.21. The molecule has 3 rings (SSSR count). The second-order valence-electron chi connectivity index (χ2n) is 5.73. The van der Waals surface area contributed by atoms with E-state index in [-0.39, 0.29) is 17.0 Å². The maximum atomic E-state index is 11.2. The van der Waals surface area contributed by atoms with Gasteiger partial charge in [-0.1, -0.05) is 32.0 Å². The summed E-state index contributed by atoms with van der Waals surface area (Å²) in [5.74, 6) is -0.479. The van der Waals surface area contributed by atoms with Gasteiger partial charge in [0, 0.05) is 16.6 Å². The molecule has 0 bridgehead atoms. The van der Waals surface area contributed by atoms with E-state index in [4.69, 9.17) is 0 Å². The molecule has 2 aromatic heterocycles. The van der Waals surface area contributed by atoms with Crippen molar-refractivity contribution in [2.75, 3.05) is 11.6 Å². The fourth-order valence-corrected chi connectivity index (χ4v) is 4.94. The van der Waals surface area contributed by atoms with E-state index < -0.39 is 5.97 Å². The number of carbonyl (C=O) groups is 1. The van der Waals surface area contributed by atoms with Crippen LogP contribution in [0.4, 0.5) is 10.8 Å². The molecule has 138 valence electrons. The van der Waals surface area contributed by atoms with Gasteiger partial charge in [0.2, 0.25) is 0 Å². The summed E-state index contributed by atoms with van der Waals surface area (Å²) in [6.07, 6.45) is 1.95. The third kappa shape index (κ3) is 4.49. The van der Waals surface area contributed by atoms with Crippen molar-refractivity contribution < 1.29 is 9.90 Å². The first-order chi connectivity index (χ1) is 12.0. The van der Waals surface area contributed by atoms with Crippen molar-refractivity contribution in [3.63, 3.8) is 0 Å². The molecule has 0 aliphatic carbocycles. The Hall–Kier alpha value is -1.35. The Morgan fingerprint density at radius 2 is 2.04 bits per heavy atom. The maximum Gasteiger partial charge on any atom is 0.345 e. The number of hydrogen-bond acceptors (Lipinski definition) is 6. The summed E-state index contributed by atoms with van der Waals surface area (Å²) in [7, 11) is 0. The van der Waals surface area contributed by atoms with Crippen LogP contribution in [0.3, 0.4) is 0 Å². The SMILES string of the molecule is Br.CSc1sc(C(=O)O)cc1-c1csc(Nc2ccccc2C(C)C)n1. The molecule has 8 heteroatoms. The van der Waals surface area contributed by atoms with Gasteiger partial charge in [-0.15, -0.1) is 51.4 Å². The summed E-state index contributed by atoms with van der Waals surface area (Å²) in [6, 6.07) is 9.92. The summed E-state index contributed by atoms with van der Waals surface area (Å²) >= 11 is 4.36. The minimum atomic E-state index is -0.897. The fraction of sp³-hybridized carbons (Fsp3) is 0.222. The lowest BCUT2D eigenvalue weighted by molar-refractivity contribution is 0.0702. The van der Waals surface area contributed by atoms with E-state index in [1.165, 1.54) is 28.2 Å². The minimum absolute atomic E-state index is 0. The molecule has 0 saturated heterocycles. The monoisotopic (exact) mass is 470 g/mol. The van der Waals surface area contributed by atoms with Crippen molar-refractivity contribution in [1.82, 2.24) is 4.98 Å². The second-order valence-corrected chi connectivity index (χ2v) is 8.71. The normalized spacial score (nSPS) is 10.6.